The molecule has 220 valence electrons. The fourth-order valence-electron chi connectivity index (χ4n) is 4.78. The number of carbonyl (C=O) groups is 1. The molecule has 0 spiro atoms. The van der Waals surface area contributed by atoms with Crippen molar-refractivity contribution in [1.29, 1.82) is 0 Å². The summed E-state index contributed by atoms with van der Waals surface area (Å²) >= 11 is 1.32. The van der Waals surface area contributed by atoms with Crippen LogP contribution in [0.15, 0.2) is 79.9 Å². The van der Waals surface area contributed by atoms with Gasteiger partial charge in [0.2, 0.25) is 5.91 Å². The SMILES string of the molecule is C=CC(=O)NCc1ccc(-c2sc3c(-c4cnn(C)c4)cnc(N)c3c2-c2ccc(Oc3nccc(C)n3)c(F)c2)c(F)c1. The molecule has 9 nitrogen and oxygen atoms in total. The number of carbonyl (C=O) groups excluding carboxylic acids is 1. The van der Waals surface area contributed by atoms with Gasteiger partial charge in [-0.15, -0.1) is 11.3 Å². The summed E-state index contributed by atoms with van der Waals surface area (Å²) in [5.74, 6) is -1.41. The topological polar surface area (TPSA) is 121 Å². The molecule has 4 aromatic heterocycles. The normalized spacial score (nSPS) is 11.1. The van der Waals surface area contributed by atoms with E-state index in [1.165, 1.54) is 35.7 Å². The van der Waals surface area contributed by atoms with Crippen molar-refractivity contribution in [3.05, 3.63) is 103 Å². The van der Waals surface area contributed by atoms with Crippen molar-refractivity contribution >= 4 is 33.1 Å². The minimum absolute atomic E-state index is 0.0133. The molecule has 1 amide bonds. The van der Waals surface area contributed by atoms with Crippen LogP contribution in [0.5, 0.6) is 11.8 Å². The van der Waals surface area contributed by atoms with Gasteiger partial charge >= 0.3 is 6.01 Å². The quantitative estimate of drug-likeness (QED) is 0.187. The first-order chi connectivity index (χ1) is 21.2. The molecule has 0 aliphatic rings. The van der Waals surface area contributed by atoms with Crippen LogP contribution in [0.2, 0.25) is 0 Å². The van der Waals surface area contributed by atoms with Crippen molar-refractivity contribution in [3.63, 3.8) is 0 Å². The predicted molar refractivity (Wildman–Crippen MR) is 166 cm³/mol. The summed E-state index contributed by atoms with van der Waals surface area (Å²) in [5.41, 5.74) is 10.5. The van der Waals surface area contributed by atoms with Gasteiger partial charge in [-0.3, -0.25) is 9.48 Å². The van der Waals surface area contributed by atoms with Gasteiger partial charge in [0.15, 0.2) is 11.6 Å². The molecule has 44 heavy (non-hydrogen) atoms. The maximum atomic E-state index is 15.8. The van der Waals surface area contributed by atoms with E-state index in [1.54, 1.807) is 55.3 Å². The molecule has 2 aromatic carbocycles. The van der Waals surface area contributed by atoms with Crippen LogP contribution >= 0.6 is 11.3 Å². The van der Waals surface area contributed by atoms with Crippen LogP contribution < -0.4 is 15.8 Å². The Balaban J connectivity index is 1.52. The minimum Gasteiger partial charge on any atom is -0.421 e. The number of nitrogens with two attached hydrogens (primary N) is 1. The van der Waals surface area contributed by atoms with Crippen LogP contribution in [0.4, 0.5) is 14.6 Å². The van der Waals surface area contributed by atoms with Gasteiger partial charge in [-0.05, 0) is 48.4 Å². The molecule has 0 unspecified atom stereocenters. The van der Waals surface area contributed by atoms with E-state index in [4.69, 9.17) is 10.5 Å². The van der Waals surface area contributed by atoms with Gasteiger partial charge in [0.25, 0.3) is 0 Å². The van der Waals surface area contributed by atoms with Crippen molar-refractivity contribution in [3.8, 4) is 44.5 Å². The highest BCUT2D eigenvalue weighted by molar-refractivity contribution is 7.23. The fraction of sp³-hybridized carbons (Fsp3) is 0.0938. The number of aryl methyl sites for hydroxylation is 2. The number of nitrogens with zero attached hydrogens (tertiary/aromatic N) is 5. The molecule has 3 N–H and O–H groups in total. The zero-order valence-electron chi connectivity index (χ0n) is 23.6. The second-order valence-corrected chi connectivity index (χ2v) is 11.0. The van der Waals surface area contributed by atoms with Crippen molar-refractivity contribution in [2.45, 2.75) is 13.5 Å². The first kappa shape index (κ1) is 28.6. The maximum Gasteiger partial charge on any atom is 0.322 e. The minimum atomic E-state index is -0.665. The summed E-state index contributed by atoms with van der Waals surface area (Å²) in [4.78, 5) is 24.8. The smallest absolute Gasteiger partial charge is 0.322 e. The summed E-state index contributed by atoms with van der Waals surface area (Å²) in [5, 5.41) is 7.48. The third-order valence-electron chi connectivity index (χ3n) is 6.88. The number of nitrogens with one attached hydrogen (secondary N) is 1. The number of halogens is 2. The summed E-state index contributed by atoms with van der Waals surface area (Å²) in [7, 11) is 1.80. The monoisotopic (exact) mass is 609 g/mol. The maximum absolute atomic E-state index is 15.8. The average molecular weight is 610 g/mol. The van der Waals surface area contributed by atoms with Gasteiger partial charge < -0.3 is 15.8 Å². The molecule has 0 aliphatic carbocycles. The Morgan fingerprint density at radius 2 is 1.93 bits per heavy atom. The molecule has 0 radical (unpaired) electrons. The Hall–Kier alpha value is -5.49. The van der Waals surface area contributed by atoms with Gasteiger partial charge in [0, 0.05) is 75.1 Å². The molecule has 0 fully saturated rings. The van der Waals surface area contributed by atoms with E-state index in [9.17, 15) is 4.79 Å². The van der Waals surface area contributed by atoms with E-state index in [0.29, 0.717) is 32.6 Å². The molecule has 6 aromatic rings. The molecule has 0 aliphatic heterocycles. The lowest BCUT2D eigenvalue weighted by Crippen LogP contribution is -2.19. The van der Waals surface area contributed by atoms with E-state index < -0.39 is 11.6 Å². The summed E-state index contributed by atoms with van der Waals surface area (Å²) in [6, 6.07) is 10.9. The molecule has 6 rings (SSSR count). The number of pyridine rings is 1. The van der Waals surface area contributed by atoms with Crippen LogP contribution in [0.1, 0.15) is 11.3 Å². The molecule has 4 heterocycles. The number of benzene rings is 2. The molecular formula is C32H25F2N7O2S. The molecule has 0 saturated heterocycles. The lowest BCUT2D eigenvalue weighted by Gasteiger charge is -2.11. The Bertz CT molecular complexity index is 2070. The van der Waals surface area contributed by atoms with Gasteiger partial charge in [-0.25, -0.2) is 23.7 Å². The number of hydrogen-bond acceptors (Lipinski definition) is 8. The van der Waals surface area contributed by atoms with Crippen LogP contribution in [-0.4, -0.2) is 30.6 Å². The van der Waals surface area contributed by atoms with Crippen LogP contribution in [-0.2, 0) is 18.4 Å². The molecule has 0 atom stereocenters. The highest BCUT2D eigenvalue weighted by atomic mass is 32.1. The van der Waals surface area contributed by atoms with Gasteiger partial charge in [-0.2, -0.15) is 5.10 Å². The van der Waals surface area contributed by atoms with Gasteiger partial charge in [0.05, 0.1) is 6.20 Å². The van der Waals surface area contributed by atoms with Crippen molar-refractivity contribution in [2.24, 2.45) is 7.05 Å². The first-order valence-electron chi connectivity index (χ1n) is 13.4. The molecular weight excluding hydrogens is 584 g/mol. The van der Waals surface area contributed by atoms with Crippen LogP contribution in [0.3, 0.4) is 0 Å². The highest BCUT2D eigenvalue weighted by Crippen LogP contribution is 2.50. The first-order valence-corrected chi connectivity index (χ1v) is 14.2. The standard InChI is InChI=1S/C32H25F2N7O2S/c1-4-26(42)37-13-18-5-7-21(23(33)11-18)29-27(19-6-8-25(24(34)12-19)43-32-36-10-9-17(2)40-32)28-30(44-29)22(15-38-31(28)35)20-14-39-41(3)16-20/h4-12,14-16H,1,13H2,2-3H3,(H2,35,38)(H,37,42). The fourth-order valence-corrected chi connectivity index (χ4v) is 6.17. The second-order valence-electron chi connectivity index (χ2n) is 9.93. The number of nitrogen functional groups attached to an aromatic ring is 1. The van der Waals surface area contributed by atoms with Crippen molar-refractivity contribution in [1.82, 2.24) is 30.0 Å². The number of fused-ring (bicyclic) bond motifs is 1. The van der Waals surface area contributed by atoms with E-state index in [1.807, 2.05) is 6.20 Å². The number of amides is 1. The Morgan fingerprint density at radius 3 is 2.64 bits per heavy atom. The Kier molecular flexibility index (Phi) is 7.58. The van der Waals surface area contributed by atoms with Gasteiger partial charge in [-0.1, -0.05) is 24.8 Å². The van der Waals surface area contributed by atoms with Crippen LogP contribution in [0, 0.1) is 18.6 Å². The number of hydrogen-bond donors (Lipinski definition) is 2. The molecule has 0 saturated carbocycles. The number of rotatable bonds is 8. The zero-order chi connectivity index (χ0) is 31.0. The highest BCUT2D eigenvalue weighted by Gasteiger charge is 2.24. The lowest BCUT2D eigenvalue weighted by atomic mass is 9.97. The van der Waals surface area contributed by atoms with Crippen LogP contribution in [0.25, 0.3) is 42.8 Å². The third kappa shape index (κ3) is 5.50. The van der Waals surface area contributed by atoms with Crippen molar-refractivity contribution in [2.75, 3.05) is 5.73 Å². The number of aromatic nitrogens is 5. The van der Waals surface area contributed by atoms with E-state index >= 15 is 8.78 Å². The van der Waals surface area contributed by atoms with E-state index in [0.717, 1.165) is 21.9 Å². The largest absolute Gasteiger partial charge is 0.421 e. The number of anilines is 1. The van der Waals surface area contributed by atoms with E-state index in [-0.39, 0.29) is 35.6 Å². The second kappa shape index (κ2) is 11.7. The molecule has 0 bridgehead atoms. The number of thiophene rings is 1. The lowest BCUT2D eigenvalue weighted by molar-refractivity contribution is -0.116. The summed E-state index contributed by atoms with van der Waals surface area (Å²) < 4.78 is 39.4. The summed E-state index contributed by atoms with van der Waals surface area (Å²) in [6.45, 7) is 5.33. The third-order valence-corrected chi connectivity index (χ3v) is 8.14. The average Bonchev–Trinajstić information content (AvgIpc) is 3.62. The molecule has 12 heteroatoms. The van der Waals surface area contributed by atoms with Crippen molar-refractivity contribution < 1.29 is 18.3 Å². The Morgan fingerprint density at radius 1 is 1.09 bits per heavy atom. The summed E-state index contributed by atoms with van der Waals surface area (Å²) in [6.07, 6.45) is 7.88. The predicted octanol–water partition coefficient (Wildman–Crippen LogP) is 6.58. The number of ether oxygens (including phenoxy) is 1. The van der Waals surface area contributed by atoms with Gasteiger partial charge in [0.1, 0.15) is 11.6 Å². The zero-order valence-corrected chi connectivity index (χ0v) is 24.5. The Labute approximate surface area is 254 Å². The van der Waals surface area contributed by atoms with E-state index in [2.05, 4.69) is 31.9 Å².